The van der Waals surface area contributed by atoms with Crippen molar-refractivity contribution >= 4 is 55.6 Å². The van der Waals surface area contributed by atoms with E-state index in [0.29, 0.717) is 14.5 Å². The molecule has 0 aliphatic heterocycles. The molecule has 0 aliphatic rings. The van der Waals surface area contributed by atoms with Gasteiger partial charge in [-0.3, -0.25) is 10.1 Å². The van der Waals surface area contributed by atoms with Gasteiger partial charge in [-0.1, -0.05) is 65.0 Å². The number of carbonyl (C=O) groups excluding carboxylic acids is 1. The lowest BCUT2D eigenvalue weighted by molar-refractivity contribution is 0.0991. The molecule has 4 rings (SSSR count). The highest BCUT2D eigenvalue weighted by Gasteiger charge is 2.24. The van der Waals surface area contributed by atoms with E-state index in [1.807, 2.05) is 30.3 Å². The molecule has 0 spiro atoms. The van der Waals surface area contributed by atoms with Crippen LogP contribution in [0, 0.1) is 0 Å². The first-order chi connectivity index (χ1) is 14.9. The maximum atomic E-state index is 12.6. The molecule has 0 saturated carbocycles. The number of hydrogen-bond acceptors (Lipinski definition) is 8. The molecule has 0 fully saturated rings. The zero-order valence-corrected chi connectivity index (χ0v) is 18.9. The summed E-state index contributed by atoms with van der Waals surface area (Å²) in [6.07, 6.45) is 0. The molecule has 158 valence electrons. The van der Waals surface area contributed by atoms with Crippen LogP contribution in [0.2, 0.25) is 5.02 Å². The number of halogens is 1. The van der Waals surface area contributed by atoms with Gasteiger partial charge < -0.3 is 4.42 Å². The lowest BCUT2D eigenvalue weighted by atomic mass is 10.2. The van der Waals surface area contributed by atoms with Crippen LogP contribution in [0.5, 0.6) is 0 Å². The number of thioether (sulfide) groups is 1. The van der Waals surface area contributed by atoms with Gasteiger partial charge in [0.15, 0.2) is 10.1 Å². The van der Waals surface area contributed by atoms with Crippen molar-refractivity contribution in [2.45, 2.75) is 20.1 Å². The molecule has 1 N–H and O–H groups in total. The molecule has 2 aromatic carbocycles. The van der Waals surface area contributed by atoms with Gasteiger partial charge in [0.2, 0.25) is 20.1 Å². The molecular formula is C20H14ClN3O4S3. The second kappa shape index (κ2) is 9.23. The van der Waals surface area contributed by atoms with Crippen LogP contribution in [0.15, 0.2) is 85.5 Å². The topological polar surface area (TPSA) is 102 Å². The van der Waals surface area contributed by atoms with Crippen LogP contribution in [-0.2, 0) is 15.6 Å². The lowest BCUT2D eigenvalue weighted by Gasteiger charge is -2.01. The van der Waals surface area contributed by atoms with Crippen LogP contribution in [0.25, 0.3) is 0 Å². The van der Waals surface area contributed by atoms with Gasteiger partial charge in [0, 0.05) is 10.8 Å². The van der Waals surface area contributed by atoms with Crippen LogP contribution in [0.4, 0.5) is 5.13 Å². The molecule has 2 aromatic heterocycles. The number of amides is 1. The summed E-state index contributed by atoms with van der Waals surface area (Å²) in [5, 5.41) is 10.9. The van der Waals surface area contributed by atoms with Gasteiger partial charge in [-0.25, -0.2) is 8.42 Å². The summed E-state index contributed by atoms with van der Waals surface area (Å²) in [5.41, 5.74) is 1.15. The SMILES string of the molecule is O=C(Nc1nnc(SCc2ccccc2)s1)c1ccc(S(=O)(=O)c2ccc(Cl)cc2)o1. The molecule has 0 unspecified atom stereocenters. The maximum Gasteiger partial charge on any atom is 0.293 e. The average molecular weight is 492 g/mol. The van der Waals surface area contributed by atoms with E-state index in [9.17, 15) is 13.2 Å². The number of nitrogens with one attached hydrogen (secondary N) is 1. The Kier molecular flexibility index (Phi) is 6.42. The largest absolute Gasteiger partial charge is 0.439 e. The average Bonchev–Trinajstić information content (AvgIpc) is 3.44. The summed E-state index contributed by atoms with van der Waals surface area (Å²) in [4.78, 5) is 12.5. The Morgan fingerprint density at radius 1 is 1.03 bits per heavy atom. The predicted octanol–water partition coefficient (Wildman–Crippen LogP) is 5.16. The van der Waals surface area contributed by atoms with Gasteiger partial charge >= 0.3 is 0 Å². The van der Waals surface area contributed by atoms with Gasteiger partial charge in [-0.05, 0) is 42.0 Å². The fourth-order valence-corrected chi connectivity index (χ4v) is 5.52. The smallest absolute Gasteiger partial charge is 0.293 e. The van der Waals surface area contributed by atoms with Crippen LogP contribution < -0.4 is 5.32 Å². The zero-order valence-electron chi connectivity index (χ0n) is 15.7. The molecule has 0 saturated heterocycles. The first kappa shape index (κ1) is 21.6. The summed E-state index contributed by atoms with van der Waals surface area (Å²) in [6.45, 7) is 0. The molecule has 7 nitrogen and oxygen atoms in total. The molecule has 2 heterocycles. The van der Waals surface area contributed by atoms with Crippen molar-refractivity contribution in [3.63, 3.8) is 0 Å². The molecular weight excluding hydrogens is 478 g/mol. The van der Waals surface area contributed by atoms with Gasteiger partial charge in [0.05, 0.1) is 4.90 Å². The number of sulfone groups is 1. The van der Waals surface area contributed by atoms with Crippen molar-refractivity contribution in [3.05, 3.63) is 83.1 Å². The third kappa shape index (κ3) is 5.16. The normalized spacial score (nSPS) is 11.4. The van der Waals surface area contributed by atoms with E-state index in [-0.39, 0.29) is 15.7 Å². The highest BCUT2D eigenvalue weighted by molar-refractivity contribution is 8.00. The summed E-state index contributed by atoms with van der Waals surface area (Å²) in [7, 11) is -3.90. The van der Waals surface area contributed by atoms with Gasteiger partial charge in [-0.2, -0.15) is 0 Å². The maximum absolute atomic E-state index is 12.6. The fourth-order valence-electron chi connectivity index (χ4n) is 2.51. The first-order valence-electron chi connectivity index (χ1n) is 8.84. The summed E-state index contributed by atoms with van der Waals surface area (Å²) in [6, 6.07) is 18.1. The Bertz CT molecular complexity index is 1300. The second-order valence-electron chi connectivity index (χ2n) is 6.18. The zero-order chi connectivity index (χ0) is 21.8. The predicted molar refractivity (Wildman–Crippen MR) is 119 cm³/mol. The van der Waals surface area contributed by atoms with Gasteiger partial charge in [0.25, 0.3) is 5.91 Å². The summed E-state index contributed by atoms with van der Waals surface area (Å²) < 4.78 is 31.3. The number of aromatic nitrogens is 2. The number of rotatable bonds is 7. The molecule has 31 heavy (non-hydrogen) atoms. The molecule has 11 heteroatoms. The van der Waals surface area contributed by atoms with E-state index in [2.05, 4.69) is 15.5 Å². The second-order valence-corrected chi connectivity index (χ2v) is 10.7. The van der Waals surface area contributed by atoms with Gasteiger partial charge in [-0.15, -0.1) is 10.2 Å². The van der Waals surface area contributed by atoms with Crippen molar-refractivity contribution in [1.29, 1.82) is 0 Å². The standard InChI is InChI=1S/C20H14ClN3O4S3/c21-14-6-8-15(9-7-14)31(26,27)17-11-10-16(28-17)18(25)22-19-23-24-20(30-19)29-12-13-4-2-1-3-5-13/h1-11H,12H2,(H,22,23,25). The quantitative estimate of drug-likeness (QED) is 0.281. The van der Waals surface area contributed by atoms with Crippen molar-refractivity contribution in [2.24, 2.45) is 0 Å². The Balaban J connectivity index is 1.41. The monoisotopic (exact) mass is 491 g/mol. The Morgan fingerprint density at radius 3 is 2.52 bits per heavy atom. The molecule has 0 bridgehead atoms. The first-order valence-corrected chi connectivity index (χ1v) is 12.5. The van der Waals surface area contributed by atoms with E-state index in [1.54, 1.807) is 0 Å². The number of anilines is 1. The highest BCUT2D eigenvalue weighted by atomic mass is 35.5. The van der Waals surface area contributed by atoms with E-state index >= 15 is 0 Å². The highest BCUT2D eigenvalue weighted by Crippen LogP contribution is 2.29. The minimum Gasteiger partial charge on any atom is -0.439 e. The number of nitrogens with zero attached hydrogens (tertiary/aromatic N) is 2. The van der Waals surface area contributed by atoms with Crippen molar-refractivity contribution in [1.82, 2.24) is 10.2 Å². The van der Waals surface area contributed by atoms with Crippen molar-refractivity contribution < 1.29 is 17.6 Å². The van der Waals surface area contributed by atoms with E-state index in [1.165, 1.54) is 59.5 Å². The lowest BCUT2D eigenvalue weighted by Crippen LogP contribution is -2.10. The molecule has 1 amide bonds. The third-order valence-electron chi connectivity index (χ3n) is 4.03. The molecule has 0 radical (unpaired) electrons. The van der Waals surface area contributed by atoms with Crippen LogP contribution >= 0.6 is 34.7 Å². The fraction of sp³-hybridized carbons (Fsp3) is 0.0500. The molecule has 0 atom stereocenters. The van der Waals surface area contributed by atoms with E-state index < -0.39 is 15.7 Å². The number of carbonyl (C=O) groups is 1. The number of furan rings is 1. The number of hydrogen-bond donors (Lipinski definition) is 1. The Hall–Kier alpha value is -2.66. The molecule has 0 aliphatic carbocycles. The minimum absolute atomic E-state index is 0.0161. The van der Waals surface area contributed by atoms with Crippen LogP contribution in [-0.4, -0.2) is 24.5 Å². The van der Waals surface area contributed by atoms with Gasteiger partial charge in [0.1, 0.15) is 0 Å². The van der Waals surface area contributed by atoms with Crippen molar-refractivity contribution in [3.8, 4) is 0 Å². The van der Waals surface area contributed by atoms with Crippen molar-refractivity contribution in [2.75, 3.05) is 5.32 Å². The summed E-state index contributed by atoms with van der Waals surface area (Å²) in [5.74, 6) is -0.0393. The molecule has 4 aromatic rings. The minimum atomic E-state index is -3.90. The number of benzene rings is 2. The van der Waals surface area contributed by atoms with Crippen LogP contribution in [0.1, 0.15) is 16.1 Å². The Labute approximate surface area is 191 Å². The van der Waals surface area contributed by atoms with E-state index in [0.717, 1.165) is 11.3 Å². The third-order valence-corrected chi connectivity index (χ3v) is 7.96. The van der Waals surface area contributed by atoms with E-state index in [4.69, 9.17) is 16.0 Å². The summed E-state index contributed by atoms with van der Waals surface area (Å²) >= 11 is 8.53. The van der Waals surface area contributed by atoms with Crippen LogP contribution in [0.3, 0.4) is 0 Å². The Morgan fingerprint density at radius 2 is 1.77 bits per heavy atom.